The lowest BCUT2D eigenvalue weighted by molar-refractivity contribution is 0.471. The Hall–Kier alpha value is -2.77. The van der Waals surface area contributed by atoms with Crippen molar-refractivity contribution in [2.24, 2.45) is 0 Å². The van der Waals surface area contributed by atoms with Crippen molar-refractivity contribution in [1.29, 1.82) is 0 Å². The molecule has 0 fully saturated rings. The number of benzene rings is 3. The lowest BCUT2D eigenvalue weighted by Crippen LogP contribution is -1.98. The first kappa shape index (κ1) is 15.1. The SMILES string of the molecule is Nc1cccc(Nc2ccc3c(O)cc(S(=O)(=O)O)cc3c2)c1. The van der Waals surface area contributed by atoms with E-state index in [4.69, 9.17) is 10.3 Å². The molecule has 3 aromatic carbocycles. The molecule has 0 radical (unpaired) electrons. The summed E-state index contributed by atoms with van der Waals surface area (Å²) < 4.78 is 31.7. The summed E-state index contributed by atoms with van der Waals surface area (Å²) in [5, 5.41) is 14.0. The standard InChI is InChI=1S/C16H14N2O4S/c17-11-2-1-3-12(8-11)18-13-4-5-15-10(6-13)7-14(9-16(15)19)23(20,21)22/h1-9,18-19H,17H2,(H,20,21,22). The van der Waals surface area contributed by atoms with Gasteiger partial charge in [-0.05, 0) is 47.9 Å². The van der Waals surface area contributed by atoms with Crippen LogP contribution in [0.1, 0.15) is 0 Å². The Balaban J connectivity index is 2.07. The zero-order valence-electron chi connectivity index (χ0n) is 11.9. The first-order valence-corrected chi connectivity index (χ1v) is 8.14. The number of nitrogens with one attached hydrogen (secondary N) is 1. The fraction of sp³-hybridized carbons (Fsp3) is 0. The summed E-state index contributed by atoms with van der Waals surface area (Å²) in [4.78, 5) is -0.358. The molecule has 3 rings (SSSR count). The van der Waals surface area contributed by atoms with Crippen LogP contribution in [0.5, 0.6) is 5.75 Å². The van der Waals surface area contributed by atoms with E-state index < -0.39 is 10.1 Å². The molecule has 0 aliphatic rings. The number of nitrogen functional groups attached to an aromatic ring is 1. The highest BCUT2D eigenvalue weighted by Gasteiger charge is 2.13. The van der Waals surface area contributed by atoms with Crippen LogP contribution >= 0.6 is 0 Å². The molecule has 0 unspecified atom stereocenters. The number of phenols is 1. The molecule has 7 heteroatoms. The van der Waals surface area contributed by atoms with E-state index in [0.29, 0.717) is 22.1 Å². The zero-order chi connectivity index (χ0) is 16.6. The van der Waals surface area contributed by atoms with Gasteiger partial charge in [-0.1, -0.05) is 6.07 Å². The van der Waals surface area contributed by atoms with Gasteiger partial charge < -0.3 is 16.2 Å². The fourth-order valence-electron chi connectivity index (χ4n) is 2.33. The molecule has 5 N–H and O–H groups in total. The summed E-state index contributed by atoms with van der Waals surface area (Å²) in [6.07, 6.45) is 0. The summed E-state index contributed by atoms with van der Waals surface area (Å²) in [7, 11) is -4.39. The number of hydrogen-bond acceptors (Lipinski definition) is 5. The number of nitrogens with two attached hydrogens (primary N) is 1. The van der Waals surface area contributed by atoms with Crippen LogP contribution in [0.2, 0.25) is 0 Å². The van der Waals surface area contributed by atoms with E-state index in [1.165, 1.54) is 6.07 Å². The minimum Gasteiger partial charge on any atom is -0.507 e. The van der Waals surface area contributed by atoms with Gasteiger partial charge in [0.05, 0.1) is 4.90 Å². The number of rotatable bonds is 3. The van der Waals surface area contributed by atoms with Crippen LogP contribution in [0.25, 0.3) is 10.8 Å². The van der Waals surface area contributed by atoms with Crippen LogP contribution in [0.3, 0.4) is 0 Å². The molecule has 0 saturated carbocycles. The Bertz CT molecular complexity index is 1000. The quantitative estimate of drug-likeness (QED) is 0.433. The van der Waals surface area contributed by atoms with Gasteiger partial charge in [-0.2, -0.15) is 8.42 Å². The van der Waals surface area contributed by atoms with Gasteiger partial charge in [0.25, 0.3) is 10.1 Å². The topological polar surface area (TPSA) is 113 Å². The molecule has 0 heterocycles. The van der Waals surface area contributed by atoms with Gasteiger partial charge in [0.2, 0.25) is 0 Å². The molecule has 118 valence electrons. The molecule has 3 aromatic rings. The molecule has 0 saturated heterocycles. The van der Waals surface area contributed by atoms with Gasteiger partial charge in [-0.25, -0.2) is 0 Å². The van der Waals surface area contributed by atoms with Crippen LogP contribution in [0.15, 0.2) is 59.5 Å². The summed E-state index contributed by atoms with van der Waals surface area (Å²) >= 11 is 0. The third kappa shape index (κ3) is 3.20. The van der Waals surface area contributed by atoms with Crippen molar-refractivity contribution in [3.8, 4) is 5.75 Å². The second kappa shape index (κ2) is 5.45. The van der Waals surface area contributed by atoms with E-state index in [0.717, 1.165) is 11.8 Å². The number of hydrogen-bond donors (Lipinski definition) is 4. The minimum absolute atomic E-state index is 0.217. The third-order valence-corrected chi connectivity index (χ3v) is 4.21. The largest absolute Gasteiger partial charge is 0.507 e. The summed E-state index contributed by atoms with van der Waals surface area (Å²) in [6, 6.07) is 14.6. The van der Waals surface area contributed by atoms with Gasteiger partial charge in [0.1, 0.15) is 5.75 Å². The third-order valence-electron chi connectivity index (χ3n) is 3.38. The van der Waals surface area contributed by atoms with Crippen LogP contribution < -0.4 is 11.1 Å². The van der Waals surface area contributed by atoms with Gasteiger partial charge in [0.15, 0.2) is 0 Å². The van der Waals surface area contributed by atoms with Crippen LogP contribution in [-0.2, 0) is 10.1 Å². The zero-order valence-corrected chi connectivity index (χ0v) is 12.7. The maximum Gasteiger partial charge on any atom is 0.294 e. The first-order chi connectivity index (χ1) is 10.8. The molecule has 23 heavy (non-hydrogen) atoms. The fourth-order valence-corrected chi connectivity index (χ4v) is 2.87. The monoisotopic (exact) mass is 330 g/mol. The van der Waals surface area contributed by atoms with Crippen molar-refractivity contribution in [3.05, 3.63) is 54.6 Å². The maximum atomic E-state index is 11.3. The summed E-state index contributed by atoms with van der Waals surface area (Å²) in [5.74, 6) is -0.217. The average Bonchev–Trinajstić information content (AvgIpc) is 2.46. The Morgan fingerprint density at radius 3 is 2.39 bits per heavy atom. The molecule has 6 nitrogen and oxygen atoms in total. The highest BCUT2D eigenvalue weighted by atomic mass is 32.2. The average molecular weight is 330 g/mol. The molecular weight excluding hydrogens is 316 g/mol. The van der Waals surface area contributed by atoms with Crippen LogP contribution in [0, 0.1) is 0 Å². The maximum absolute atomic E-state index is 11.3. The Kier molecular flexibility index (Phi) is 3.59. The normalized spacial score (nSPS) is 11.5. The Morgan fingerprint density at radius 1 is 0.957 bits per heavy atom. The number of aromatic hydroxyl groups is 1. The number of fused-ring (bicyclic) bond motifs is 1. The number of anilines is 3. The molecular formula is C16H14N2O4S. The predicted octanol–water partition coefficient (Wildman–Crippen LogP) is 3.12. The van der Waals surface area contributed by atoms with Crippen LogP contribution in [-0.4, -0.2) is 18.1 Å². The first-order valence-electron chi connectivity index (χ1n) is 6.70. The van der Waals surface area contributed by atoms with Crippen molar-refractivity contribution >= 4 is 38.0 Å². The summed E-state index contributed by atoms with van der Waals surface area (Å²) in [6.45, 7) is 0. The second-order valence-electron chi connectivity index (χ2n) is 5.10. The van der Waals surface area contributed by atoms with E-state index in [-0.39, 0.29) is 10.6 Å². The van der Waals surface area contributed by atoms with Crippen molar-refractivity contribution < 1.29 is 18.1 Å². The molecule has 0 aliphatic carbocycles. The van der Waals surface area contributed by atoms with E-state index in [1.54, 1.807) is 36.4 Å². The van der Waals surface area contributed by atoms with E-state index in [2.05, 4.69) is 5.32 Å². The smallest absolute Gasteiger partial charge is 0.294 e. The van der Waals surface area contributed by atoms with Crippen molar-refractivity contribution in [1.82, 2.24) is 0 Å². The van der Waals surface area contributed by atoms with Gasteiger partial charge in [-0.15, -0.1) is 0 Å². The molecule has 0 aromatic heterocycles. The van der Waals surface area contributed by atoms with Crippen LogP contribution in [0.4, 0.5) is 17.1 Å². The second-order valence-corrected chi connectivity index (χ2v) is 6.53. The highest BCUT2D eigenvalue weighted by molar-refractivity contribution is 7.85. The minimum atomic E-state index is -4.39. The van der Waals surface area contributed by atoms with Gasteiger partial charge in [-0.3, -0.25) is 4.55 Å². The highest BCUT2D eigenvalue weighted by Crippen LogP contribution is 2.31. The lowest BCUT2D eigenvalue weighted by atomic mass is 10.1. The Labute approximate surface area is 132 Å². The Morgan fingerprint density at radius 2 is 1.70 bits per heavy atom. The summed E-state index contributed by atoms with van der Waals surface area (Å²) in [5.41, 5.74) is 7.80. The van der Waals surface area contributed by atoms with Crippen molar-refractivity contribution in [2.75, 3.05) is 11.1 Å². The van der Waals surface area contributed by atoms with E-state index in [9.17, 15) is 13.5 Å². The molecule has 0 amide bonds. The lowest BCUT2D eigenvalue weighted by Gasteiger charge is -2.10. The number of phenolic OH excluding ortho intramolecular Hbond substituents is 1. The van der Waals surface area contributed by atoms with E-state index in [1.807, 2.05) is 6.07 Å². The molecule has 0 atom stereocenters. The molecule has 0 bridgehead atoms. The van der Waals surface area contributed by atoms with Gasteiger partial charge >= 0.3 is 0 Å². The molecule has 0 aliphatic heterocycles. The van der Waals surface area contributed by atoms with Gasteiger partial charge in [0, 0.05) is 28.5 Å². The molecule has 0 spiro atoms. The van der Waals surface area contributed by atoms with E-state index >= 15 is 0 Å². The predicted molar refractivity (Wildman–Crippen MR) is 89.6 cm³/mol. The van der Waals surface area contributed by atoms with Crippen molar-refractivity contribution in [2.45, 2.75) is 4.90 Å². The van der Waals surface area contributed by atoms with Crippen molar-refractivity contribution in [3.63, 3.8) is 0 Å².